The molecule has 0 bridgehead atoms. The number of rotatable bonds is 2. The Labute approximate surface area is 141 Å². The Hall–Kier alpha value is -2.88. The van der Waals surface area contributed by atoms with Crippen LogP contribution in [0.1, 0.15) is 11.1 Å². The molecule has 0 aliphatic carbocycles. The number of benzene rings is 1. The Morgan fingerprint density at radius 1 is 1.04 bits per heavy atom. The highest BCUT2D eigenvalue weighted by Crippen LogP contribution is 2.25. The normalized spacial score (nSPS) is 11.3. The summed E-state index contributed by atoms with van der Waals surface area (Å²) in [7, 11) is 4.19. The molecule has 0 atom stereocenters. The summed E-state index contributed by atoms with van der Waals surface area (Å²) in [5.74, 6) is 0.948. The van der Waals surface area contributed by atoms with E-state index in [0.29, 0.717) is 0 Å². The van der Waals surface area contributed by atoms with E-state index in [-0.39, 0.29) is 0 Å². The van der Waals surface area contributed by atoms with Gasteiger partial charge in [0.15, 0.2) is 0 Å². The minimum atomic E-state index is 0.948. The van der Waals surface area contributed by atoms with Gasteiger partial charge in [0, 0.05) is 43.3 Å². The van der Waals surface area contributed by atoms with Crippen molar-refractivity contribution in [3.63, 3.8) is 0 Å². The van der Waals surface area contributed by atoms with Gasteiger partial charge in [0.05, 0.1) is 0 Å². The molecule has 0 unspecified atom stereocenters. The number of pyridine rings is 1. The van der Waals surface area contributed by atoms with E-state index in [9.17, 15) is 0 Å². The largest absolute Gasteiger partial charge is 0.308 e. The lowest BCUT2D eigenvalue weighted by molar-refractivity contribution is -0.649. The summed E-state index contributed by atoms with van der Waals surface area (Å²) in [6, 6.07) is 13.0. The number of hydrogen-bond donors (Lipinski definition) is 0. The van der Waals surface area contributed by atoms with Crippen LogP contribution < -0.4 is 4.57 Å². The van der Waals surface area contributed by atoms with E-state index in [4.69, 9.17) is 0 Å². The maximum atomic E-state index is 4.43. The van der Waals surface area contributed by atoms with E-state index in [2.05, 4.69) is 89.1 Å². The van der Waals surface area contributed by atoms with Crippen molar-refractivity contribution in [2.24, 2.45) is 14.1 Å². The molecule has 4 aromatic rings. The van der Waals surface area contributed by atoms with E-state index in [1.807, 2.05) is 12.4 Å². The third-order valence-corrected chi connectivity index (χ3v) is 4.71. The Morgan fingerprint density at radius 3 is 2.54 bits per heavy atom. The number of aromatic nitrogens is 4. The van der Waals surface area contributed by atoms with Crippen LogP contribution in [0.15, 0.2) is 55.0 Å². The lowest BCUT2D eigenvalue weighted by Crippen LogP contribution is -2.35. The zero-order valence-corrected chi connectivity index (χ0v) is 14.5. The van der Waals surface area contributed by atoms with Gasteiger partial charge in [0.2, 0.25) is 17.2 Å². The van der Waals surface area contributed by atoms with E-state index >= 15 is 0 Å². The van der Waals surface area contributed by atoms with Crippen LogP contribution in [0.4, 0.5) is 0 Å². The standard InChI is InChI=1S/C20H21N4/c1-14-11-17(16-8-6-5-7-15(16)2)22(3)18(12-14)19-13-24-10-9-21-20(24)23(19)4/h5-13H,1-4H3/q+1. The van der Waals surface area contributed by atoms with Crippen molar-refractivity contribution < 1.29 is 4.57 Å². The molecule has 0 fully saturated rings. The molecule has 1 aromatic carbocycles. The van der Waals surface area contributed by atoms with Crippen LogP contribution in [0.3, 0.4) is 0 Å². The van der Waals surface area contributed by atoms with E-state index in [1.54, 1.807) is 0 Å². The van der Waals surface area contributed by atoms with E-state index in [1.165, 1.54) is 28.1 Å². The molecule has 0 aliphatic heterocycles. The molecule has 4 nitrogen and oxygen atoms in total. The first-order valence-corrected chi connectivity index (χ1v) is 8.11. The Bertz CT molecular complexity index is 1050. The minimum Gasteiger partial charge on any atom is -0.308 e. The quantitative estimate of drug-likeness (QED) is 0.520. The molecule has 3 aromatic heterocycles. The van der Waals surface area contributed by atoms with E-state index < -0.39 is 0 Å². The summed E-state index contributed by atoms with van der Waals surface area (Å²) in [6.07, 6.45) is 5.95. The minimum absolute atomic E-state index is 0.948. The highest BCUT2D eigenvalue weighted by atomic mass is 15.2. The maximum absolute atomic E-state index is 4.43. The van der Waals surface area contributed by atoms with Crippen LogP contribution in [0.25, 0.3) is 28.4 Å². The number of fused-ring (bicyclic) bond motifs is 1. The molecule has 0 saturated heterocycles. The number of imidazole rings is 2. The first kappa shape index (κ1) is 14.7. The van der Waals surface area contributed by atoms with Gasteiger partial charge in [-0.15, -0.1) is 0 Å². The van der Waals surface area contributed by atoms with Crippen molar-refractivity contribution in [1.82, 2.24) is 14.0 Å². The van der Waals surface area contributed by atoms with Gasteiger partial charge in [-0.05, 0) is 31.0 Å². The van der Waals surface area contributed by atoms with Gasteiger partial charge in [-0.1, -0.05) is 18.2 Å². The molecular formula is C20H21N4+. The first-order valence-electron chi connectivity index (χ1n) is 8.11. The summed E-state index contributed by atoms with van der Waals surface area (Å²) in [4.78, 5) is 4.43. The van der Waals surface area contributed by atoms with Gasteiger partial charge in [-0.3, -0.25) is 4.40 Å². The highest BCUT2D eigenvalue weighted by Gasteiger charge is 2.22. The van der Waals surface area contributed by atoms with Gasteiger partial charge >= 0.3 is 0 Å². The molecule has 0 N–H and O–H groups in total. The molecule has 0 spiro atoms. The first-order chi connectivity index (χ1) is 11.6. The lowest BCUT2D eigenvalue weighted by atomic mass is 10.0. The van der Waals surface area contributed by atoms with Crippen LogP contribution >= 0.6 is 0 Å². The van der Waals surface area contributed by atoms with Crippen molar-refractivity contribution in [2.45, 2.75) is 13.8 Å². The lowest BCUT2D eigenvalue weighted by Gasteiger charge is -2.09. The third kappa shape index (κ3) is 2.14. The zero-order valence-electron chi connectivity index (χ0n) is 14.5. The van der Waals surface area contributed by atoms with Gasteiger partial charge < -0.3 is 4.57 Å². The van der Waals surface area contributed by atoms with E-state index in [0.717, 1.165) is 11.5 Å². The SMILES string of the molecule is Cc1cc(-c2ccccc2C)[n+](C)c(-c2cn3ccnc3n2C)c1. The fraction of sp³-hybridized carbons (Fsp3) is 0.200. The molecule has 120 valence electrons. The van der Waals surface area contributed by atoms with Crippen molar-refractivity contribution in [1.29, 1.82) is 0 Å². The monoisotopic (exact) mass is 317 g/mol. The topological polar surface area (TPSA) is 26.1 Å². The summed E-state index contributed by atoms with van der Waals surface area (Å²) in [5.41, 5.74) is 7.36. The molecule has 0 radical (unpaired) electrons. The second-order valence-corrected chi connectivity index (χ2v) is 6.38. The predicted molar refractivity (Wildman–Crippen MR) is 95.7 cm³/mol. The van der Waals surface area contributed by atoms with Gasteiger partial charge in [0.1, 0.15) is 12.7 Å². The van der Waals surface area contributed by atoms with Crippen molar-refractivity contribution in [3.05, 3.63) is 66.1 Å². The molecule has 0 saturated carbocycles. The summed E-state index contributed by atoms with van der Waals surface area (Å²) < 4.78 is 6.46. The van der Waals surface area contributed by atoms with Crippen LogP contribution in [0.5, 0.6) is 0 Å². The molecule has 4 rings (SSSR count). The van der Waals surface area contributed by atoms with Crippen LogP contribution in [0, 0.1) is 13.8 Å². The van der Waals surface area contributed by atoms with Crippen LogP contribution in [0.2, 0.25) is 0 Å². The third-order valence-electron chi connectivity index (χ3n) is 4.71. The molecule has 4 heteroatoms. The van der Waals surface area contributed by atoms with Gasteiger partial charge in [-0.25, -0.2) is 4.98 Å². The summed E-state index contributed by atoms with van der Waals surface area (Å²) in [6.45, 7) is 4.31. The summed E-state index contributed by atoms with van der Waals surface area (Å²) in [5, 5.41) is 0. The number of nitrogens with zero attached hydrogens (tertiary/aromatic N) is 4. The van der Waals surface area contributed by atoms with Crippen LogP contribution in [-0.4, -0.2) is 14.0 Å². The average molecular weight is 317 g/mol. The molecule has 24 heavy (non-hydrogen) atoms. The Balaban J connectivity index is 1.99. The number of hydrogen-bond acceptors (Lipinski definition) is 1. The highest BCUT2D eigenvalue weighted by molar-refractivity contribution is 5.64. The molecule has 3 heterocycles. The fourth-order valence-electron chi connectivity index (χ4n) is 3.39. The summed E-state index contributed by atoms with van der Waals surface area (Å²) >= 11 is 0. The number of aryl methyl sites for hydroxylation is 3. The van der Waals surface area contributed by atoms with Gasteiger partial charge in [-0.2, -0.15) is 4.57 Å². The van der Waals surface area contributed by atoms with Crippen LogP contribution in [-0.2, 0) is 14.1 Å². The molecular weight excluding hydrogens is 296 g/mol. The average Bonchev–Trinajstić information content (AvgIpc) is 3.13. The van der Waals surface area contributed by atoms with Crippen molar-refractivity contribution in [3.8, 4) is 22.6 Å². The van der Waals surface area contributed by atoms with Crippen molar-refractivity contribution >= 4 is 5.78 Å². The Morgan fingerprint density at radius 2 is 1.79 bits per heavy atom. The molecule has 0 aliphatic rings. The zero-order chi connectivity index (χ0) is 16.8. The fourth-order valence-corrected chi connectivity index (χ4v) is 3.39. The van der Waals surface area contributed by atoms with Crippen molar-refractivity contribution in [2.75, 3.05) is 0 Å². The maximum Gasteiger partial charge on any atom is 0.231 e. The molecule has 0 amide bonds. The second kappa shape index (κ2) is 5.34. The smallest absolute Gasteiger partial charge is 0.231 e. The Kier molecular flexibility index (Phi) is 3.27. The second-order valence-electron chi connectivity index (χ2n) is 6.38. The predicted octanol–water partition coefficient (Wildman–Crippen LogP) is 3.45. The van der Waals surface area contributed by atoms with Gasteiger partial charge in [0.25, 0.3) is 0 Å².